The van der Waals surface area contributed by atoms with E-state index in [0.29, 0.717) is 6.07 Å². The molecular weight excluding hydrogens is 298 g/mol. The van der Waals surface area contributed by atoms with Crippen LogP contribution in [-0.4, -0.2) is 38.5 Å². The first-order chi connectivity index (χ1) is 9.95. The van der Waals surface area contributed by atoms with Crippen molar-refractivity contribution in [2.45, 2.75) is 42.7 Å². The molecular formula is C14H18F2N2O2S. The fourth-order valence-electron chi connectivity index (χ4n) is 3.34. The summed E-state index contributed by atoms with van der Waals surface area (Å²) in [5.74, 6) is -1.78. The maximum atomic E-state index is 13.2. The summed E-state index contributed by atoms with van der Waals surface area (Å²) in [7, 11) is -3.90. The average molecular weight is 316 g/mol. The summed E-state index contributed by atoms with van der Waals surface area (Å²) >= 11 is 0. The van der Waals surface area contributed by atoms with Gasteiger partial charge in [0.25, 0.3) is 0 Å². The maximum Gasteiger partial charge on any atom is 0.241 e. The van der Waals surface area contributed by atoms with Crippen molar-refractivity contribution in [2.24, 2.45) is 0 Å². The van der Waals surface area contributed by atoms with Gasteiger partial charge in [0.15, 0.2) is 0 Å². The number of nitrogens with one attached hydrogen (secondary N) is 1. The van der Waals surface area contributed by atoms with E-state index in [0.717, 1.165) is 50.9 Å². The molecule has 2 atom stereocenters. The molecule has 2 aliphatic heterocycles. The third-order valence-corrected chi connectivity index (χ3v) is 5.78. The van der Waals surface area contributed by atoms with Crippen molar-refractivity contribution < 1.29 is 17.2 Å². The topological polar surface area (TPSA) is 49.4 Å². The summed E-state index contributed by atoms with van der Waals surface area (Å²) in [6.07, 6.45) is 3.94. The van der Waals surface area contributed by atoms with Crippen molar-refractivity contribution in [1.29, 1.82) is 0 Å². The van der Waals surface area contributed by atoms with Crippen LogP contribution in [0.1, 0.15) is 25.7 Å². The molecule has 0 amide bonds. The van der Waals surface area contributed by atoms with E-state index < -0.39 is 21.7 Å². The fourth-order valence-corrected chi connectivity index (χ4v) is 4.68. The van der Waals surface area contributed by atoms with Crippen LogP contribution in [-0.2, 0) is 10.0 Å². The Morgan fingerprint density at radius 3 is 2.48 bits per heavy atom. The molecule has 116 valence electrons. The number of piperidine rings is 1. The van der Waals surface area contributed by atoms with E-state index in [-0.39, 0.29) is 17.0 Å². The van der Waals surface area contributed by atoms with Gasteiger partial charge >= 0.3 is 0 Å². The van der Waals surface area contributed by atoms with Crippen molar-refractivity contribution >= 4 is 10.0 Å². The minimum absolute atomic E-state index is 0.179. The van der Waals surface area contributed by atoms with E-state index in [1.54, 1.807) is 0 Å². The molecule has 1 aromatic rings. The lowest BCUT2D eigenvalue weighted by atomic mass is 10.00. The highest BCUT2D eigenvalue weighted by Crippen LogP contribution is 2.28. The van der Waals surface area contributed by atoms with Crippen LogP contribution >= 0.6 is 0 Å². The number of sulfonamides is 1. The molecule has 7 heteroatoms. The quantitative estimate of drug-likeness (QED) is 0.926. The van der Waals surface area contributed by atoms with E-state index in [1.165, 1.54) is 0 Å². The van der Waals surface area contributed by atoms with Crippen molar-refractivity contribution in [3.8, 4) is 0 Å². The third kappa shape index (κ3) is 3.09. The summed E-state index contributed by atoms with van der Waals surface area (Å²) in [5, 5.41) is 0. The molecule has 0 spiro atoms. The highest BCUT2D eigenvalue weighted by atomic mass is 32.2. The lowest BCUT2D eigenvalue weighted by Crippen LogP contribution is -2.46. The van der Waals surface area contributed by atoms with Crippen LogP contribution in [0.5, 0.6) is 0 Å². The van der Waals surface area contributed by atoms with Gasteiger partial charge in [0.1, 0.15) is 11.6 Å². The molecule has 0 aliphatic carbocycles. The zero-order valence-corrected chi connectivity index (χ0v) is 12.4. The number of fused-ring (bicyclic) bond motifs is 1. The van der Waals surface area contributed by atoms with E-state index in [1.807, 2.05) is 0 Å². The van der Waals surface area contributed by atoms with Gasteiger partial charge in [-0.15, -0.1) is 0 Å². The fraction of sp³-hybridized carbons (Fsp3) is 0.571. The minimum atomic E-state index is -3.90. The second-order valence-corrected chi connectivity index (χ2v) is 7.43. The highest BCUT2D eigenvalue weighted by Gasteiger charge is 2.37. The van der Waals surface area contributed by atoms with E-state index in [9.17, 15) is 17.2 Å². The Kier molecular flexibility index (Phi) is 3.98. The van der Waals surface area contributed by atoms with E-state index in [4.69, 9.17) is 0 Å². The molecule has 2 saturated heterocycles. The van der Waals surface area contributed by atoms with Crippen molar-refractivity contribution in [3.05, 3.63) is 29.8 Å². The Bertz CT molecular complexity index is 616. The molecule has 4 nitrogen and oxygen atoms in total. The van der Waals surface area contributed by atoms with Gasteiger partial charge in [-0.05, 0) is 37.9 Å². The molecule has 0 bridgehead atoms. The lowest BCUT2D eigenvalue weighted by Gasteiger charge is -2.32. The summed E-state index contributed by atoms with van der Waals surface area (Å²) in [5.41, 5.74) is 0. The Hall–Kier alpha value is -1.05. The lowest BCUT2D eigenvalue weighted by molar-refractivity contribution is 0.186. The van der Waals surface area contributed by atoms with Crippen LogP contribution in [0.4, 0.5) is 8.78 Å². The molecule has 0 saturated carbocycles. The van der Waals surface area contributed by atoms with E-state index in [2.05, 4.69) is 9.62 Å². The largest absolute Gasteiger partial charge is 0.299 e. The first-order valence-corrected chi connectivity index (χ1v) is 8.66. The Morgan fingerprint density at radius 1 is 1.05 bits per heavy atom. The number of halogens is 2. The predicted molar refractivity (Wildman–Crippen MR) is 74.3 cm³/mol. The number of hydrogen-bond donors (Lipinski definition) is 1. The van der Waals surface area contributed by atoms with Gasteiger partial charge in [0.2, 0.25) is 10.0 Å². The van der Waals surface area contributed by atoms with Gasteiger partial charge in [-0.2, -0.15) is 0 Å². The summed E-state index contributed by atoms with van der Waals surface area (Å²) in [4.78, 5) is 1.94. The van der Waals surface area contributed by atoms with Gasteiger partial charge in [-0.3, -0.25) is 4.90 Å². The normalized spacial score (nSPS) is 26.8. The second kappa shape index (κ2) is 5.62. The van der Waals surface area contributed by atoms with Crippen LogP contribution in [0.2, 0.25) is 0 Å². The van der Waals surface area contributed by atoms with Gasteiger partial charge < -0.3 is 0 Å². The zero-order valence-electron chi connectivity index (χ0n) is 11.6. The molecule has 0 unspecified atom stereocenters. The highest BCUT2D eigenvalue weighted by molar-refractivity contribution is 7.89. The summed E-state index contributed by atoms with van der Waals surface area (Å²) in [6, 6.07) is 2.38. The Labute approximate surface area is 123 Å². The van der Waals surface area contributed by atoms with Crippen LogP contribution in [0.25, 0.3) is 0 Å². The number of nitrogens with zero attached hydrogens (tertiary/aromatic N) is 1. The number of rotatable bonds is 3. The molecule has 0 aromatic heterocycles. The monoisotopic (exact) mass is 316 g/mol. The molecule has 2 fully saturated rings. The van der Waals surface area contributed by atoms with Crippen molar-refractivity contribution in [2.75, 3.05) is 13.1 Å². The SMILES string of the molecule is O=S(=O)(N[C@@H]1CCN2CCCC[C@H]12)c1cc(F)cc(F)c1. The second-order valence-electron chi connectivity index (χ2n) is 5.72. The number of benzene rings is 1. The minimum Gasteiger partial charge on any atom is -0.299 e. The van der Waals surface area contributed by atoms with Crippen LogP contribution in [0.15, 0.2) is 23.1 Å². The number of hydrogen-bond acceptors (Lipinski definition) is 3. The van der Waals surface area contributed by atoms with Gasteiger partial charge in [0, 0.05) is 24.7 Å². The zero-order chi connectivity index (χ0) is 15.0. The molecule has 1 aromatic carbocycles. The smallest absolute Gasteiger partial charge is 0.241 e. The average Bonchev–Trinajstić information content (AvgIpc) is 2.81. The standard InChI is InChI=1S/C14H18F2N2O2S/c15-10-7-11(16)9-12(8-10)21(19,20)17-13-4-6-18-5-2-1-3-14(13)18/h7-9,13-14,17H,1-6H2/t13-,14-/m1/s1. The summed E-state index contributed by atoms with van der Waals surface area (Å²) < 4.78 is 53.6. The first-order valence-electron chi connectivity index (χ1n) is 7.18. The van der Waals surface area contributed by atoms with Crippen LogP contribution in [0.3, 0.4) is 0 Å². The van der Waals surface area contributed by atoms with Gasteiger partial charge in [-0.1, -0.05) is 6.42 Å². The van der Waals surface area contributed by atoms with Crippen molar-refractivity contribution in [1.82, 2.24) is 9.62 Å². The maximum absolute atomic E-state index is 13.2. The van der Waals surface area contributed by atoms with Crippen LogP contribution in [0, 0.1) is 11.6 Å². The molecule has 0 radical (unpaired) electrons. The molecule has 2 heterocycles. The van der Waals surface area contributed by atoms with Crippen LogP contribution < -0.4 is 4.72 Å². The molecule has 3 rings (SSSR count). The molecule has 1 N–H and O–H groups in total. The predicted octanol–water partition coefficient (Wildman–Crippen LogP) is 1.87. The Morgan fingerprint density at radius 2 is 1.76 bits per heavy atom. The Balaban J connectivity index is 1.80. The van der Waals surface area contributed by atoms with Gasteiger partial charge in [-0.25, -0.2) is 21.9 Å². The van der Waals surface area contributed by atoms with Crippen molar-refractivity contribution in [3.63, 3.8) is 0 Å². The molecule has 21 heavy (non-hydrogen) atoms. The molecule has 2 aliphatic rings. The van der Waals surface area contributed by atoms with E-state index >= 15 is 0 Å². The van der Waals surface area contributed by atoms with Gasteiger partial charge in [0.05, 0.1) is 4.90 Å². The first kappa shape index (κ1) is 14.9. The summed E-state index contributed by atoms with van der Waals surface area (Å²) in [6.45, 7) is 1.87. The third-order valence-electron chi connectivity index (χ3n) is 4.31.